The molecule has 96 valence electrons. The molecule has 5 heteroatoms. The third kappa shape index (κ3) is 6.59. The van der Waals surface area contributed by atoms with Gasteiger partial charge in [0.2, 0.25) is 11.8 Å². The van der Waals surface area contributed by atoms with Crippen LogP contribution in [0.3, 0.4) is 0 Å². The largest absolute Gasteiger partial charge is 0.350 e. The van der Waals surface area contributed by atoms with Crippen molar-refractivity contribution in [3.63, 3.8) is 0 Å². The van der Waals surface area contributed by atoms with Crippen molar-refractivity contribution >= 4 is 11.8 Å². The lowest BCUT2D eigenvalue weighted by atomic mass is 10.1. The van der Waals surface area contributed by atoms with Gasteiger partial charge < -0.3 is 16.0 Å². The minimum absolute atomic E-state index is 0.0195. The Morgan fingerprint density at radius 3 is 2.41 bits per heavy atom. The lowest BCUT2D eigenvalue weighted by Crippen LogP contribution is -2.49. The molecule has 0 aliphatic heterocycles. The number of hydrogen-bond acceptors (Lipinski definition) is 3. The van der Waals surface area contributed by atoms with Crippen molar-refractivity contribution < 1.29 is 9.59 Å². The van der Waals surface area contributed by atoms with Crippen molar-refractivity contribution in [1.29, 1.82) is 0 Å². The smallest absolute Gasteiger partial charge is 0.240 e. The molecular formula is C12H21N3O2. The maximum atomic E-state index is 11.7. The average molecular weight is 239 g/mol. The van der Waals surface area contributed by atoms with Gasteiger partial charge in [0.15, 0.2) is 0 Å². The molecule has 2 amide bonds. The quantitative estimate of drug-likeness (QED) is 0.662. The van der Waals surface area contributed by atoms with E-state index in [1.165, 1.54) is 11.9 Å². The van der Waals surface area contributed by atoms with Gasteiger partial charge in [-0.05, 0) is 20.8 Å². The van der Waals surface area contributed by atoms with E-state index in [0.717, 1.165) is 0 Å². The molecule has 0 aromatic carbocycles. The number of rotatable bonds is 4. The molecule has 1 atom stereocenters. The lowest BCUT2D eigenvalue weighted by molar-refractivity contribution is -0.136. The Labute approximate surface area is 103 Å². The summed E-state index contributed by atoms with van der Waals surface area (Å²) in [5.41, 5.74) is 5.25. The summed E-state index contributed by atoms with van der Waals surface area (Å²) in [5, 5.41) is 2.76. The maximum absolute atomic E-state index is 11.7. The number of carbonyl (C=O) groups excluding carboxylic acids is 2. The van der Waals surface area contributed by atoms with Crippen LogP contribution in [0.4, 0.5) is 0 Å². The summed E-state index contributed by atoms with van der Waals surface area (Å²) < 4.78 is 0. The highest BCUT2D eigenvalue weighted by Crippen LogP contribution is 1.99. The second kappa shape index (κ2) is 6.26. The van der Waals surface area contributed by atoms with Crippen molar-refractivity contribution in [3.8, 4) is 12.3 Å². The maximum Gasteiger partial charge on any atom is 0.240 e. The molecule has 0 aliphatic carbocycles. The van der Waals surface area contributed by atoms with Crippen LogP contribution in [0.5, 0.6) is 0 Å². The van der Waals surface area contributed by atoms with Crippen LogP contribution >= 0.6 is 0 Å². The third-order valence-corrected chi connectivity index (χ3v) is 1.93. The third-order valence-electron chi connectivity index (χ3n) is 1.93. The molecule has 0 spiro atoms. The van der Waals surface area contributed by atoms with E-state index in [2.05, 4.69) is 11.2 Å². The van der Waals surface area contributed by atoms with Crippen molar-refractivity contribution in [1.82, 2.24) is 10.2 Å². The first-order chi connectivity index (χ1) is 7.67. The molecule has 0 aromatic rings. The lowest BCUT2D eigenvalue weighted by Gasteiger charge is -2.24. The summed E-state index contributed by atoms with van der Waals surface area (Å²) >= 11 is 0. The van der Waals surface area contributed by atoms with Crippen LogP contribution in [0.15, 0.2) is 0 Å². The van der Waals surface area contributed by atoms with Gasteiger partial charge in [-0.3, -0.25) is 9.59 Å². The molecular weight excluding hydrogens is 218 g/mol. The fraction of sp³-hybridized carbons (Fsp3) is 0.667. The Morgan fingerprint density at radius 2 is 2.00 bits per heavy atom. The van der Waals surface area contributed by atoms with Gasteiger partial charge in [0.25, 0.3) is 0 Å². The first kappa shape index (κ1) is 15.5. The fourth-order valence-corrected chi connectivity index (χ4v) is 1.25. The summed E-state index contributed by atoms with van der Waals surface area (Å²) in [4.78, 5) is 24.5. The Hall–Kier alpha value is -1.54. The van der Waals surface area contributed by atoms with E-state index >= 15 is 0 Å². The van der Waals surface area contributed by atoms with Gasteiger partial charge in [0, 0.05) is 19.0 Å². The zero-order valence-electron chi connectivity index (χ0n) is 10.9. The predicted octanol–water partition coefficient (Wildman–Crippen LogP) is -0.290. The standard InChI is InChI=1S/C12H21N3O2/c1-6-7-9(13)11(17)15(5)8-10(16)14-12(2,3)4/h1,9H,7-8,13H2,2-5H3,(H,14,16). The van der Waals surface area contributed by atoms with E-state index in [1.54, 1.807) is 0 Å². The Balaban J connectivity index is 4.27. The number of nitrogens with two attached hydrogens (primary N) is 1. The minimum Gasteiger partial charge on any atom is -0.350 e. The molecule has 3 N–H and O–H groups in total. The fourth-order valence-electron chi connectivity index (χ4n) is 1.25. The Bertz CT molecular complexity index is 326. The second-order valence-electron chi connectivity index (χ2n) is 5.01. The van der Waals surface area contributed by atoms with Gasteiger partial charge in [-0.15, -0.1) is 12.3 Å². The van der Waals surface area contributed by atoms with E-state index in [9.17, 15) is 9.59 Å². The number of nitrogens with one attached hydrogen (secondary N) is 1. The normalized spacial score (nSPS) is 12.5. The van der Waals surface area contributed by atoms with Gasteiger partial charge in [0.1, 0.15) is 0 Å². The van der Waals surface area contributed by atoms with E-state index in [-0.39, 0.29) is 30.3 Å². The summed E-state index contributed by atoms with van der Waals surface area (Å²) in [6.45, 7) is 5.60. The minimum atomic E-state index is -0.743. The highest BCUT2D eigenvalue weighted by molar-refractivity contribution is 5.87. The number of terminal acetylenes is 1. The van der Waals surface area contributed by atoms with Crippen molar-refractivity contribution in [3.05, 3.63) is 0 Å². The van der Waals surface area contributed by atoms with Gasteiger partial charge in [-0.2, -0.15) is 0 Å². The molecule has 5 nitrogen and oxygen atoms in total. The number of amides is 2. The molecule has 0 aromatic heterocycles. The zero-order chi connectivity index (χ0) is 13.6. The SMILES string of the molecule is C#CCC(N)C(=O)N(C)CC(=O)NC(C)(C)C. The molecule has 0 saturated heterocycles. The highest BCUT2D eigenvalue weighted by atomic mass is 16.2. The van der Waals surface area contributed by atoms with Crippen molar-refractivity contribution in [2.75, 3.05) is 13.6 Å². The summed E-state index contributed by atoms with van der Waals surface area (Å²) in [5.74, 6) is 1.77. The molecule has 0 radical (unpaired) electrons. The highest BCUT2D eigenvalue weighted by Gasteiger charge is 2.21. The van der Waals surface area contributed by atoms with Gasteiger partial charge in [-0.25, -0.2) is 0 Å². The Morgan fingerprint density at radius 1 is 1.47 bits per heavy atom. The second-order valence-corrected chi connectivity index (χ2v) is 5.01. The number of carbonyl (C=O) groups is 2. The van der Waals surface area contributed by atoms with Crippen LogP contribution in [0.2, 0.25) is 0 Å². The van der Waals surface area contributed by atoms with Crippen LogP contribution in [-0.2, 0) is 9.59 Å². The van der Waals surface area contributed by atoms with Crippen LogP contribution in [0.25, 0.3) is 0 Å². The average Bonchev–Trinajstić information content (AvgIpc) is 2.13. The van der Waals surface area contributed by atoms with Crippen LogP contribution in [-0.4, -0.2) is 41.9 Å². The first-order valence-electron chi connectivity index (χ1n) is 5.42. The van der Waals surface area contributed by atoms with Gasteiger partial charge in [-0.1, -0.05) is 0 Å². The van der Waals surface area contributed by atoms with Crippen molar-refractivity contribution in [2.45, 2.75) is 38.8 Å². The molecule has 0 fully saturated rings. The molecule has 0 saturated carbocycles. The number of likely N-dealkylation sites (N-methyl/N-ethyl adjacent to an activating group) is 1. The molecule has 17 heavy (non-hydrogen) atoms. The van der Waals surface area contributed by atoms with E-state index < -0.39 is 6.04 Å². The number of hydrogen-bond donors (Lipinski definition) is 2. The van der Waals surface area contributed by atoms with E-state index in [4.69, 9.17) is 12.2 Å². The van der Waals surface area contributed by atoms with Crippen molar-refractivity contribution in [2.24, 2.45) is 5.73 Å². The Kier molecular flexibility index (Phi) is 5.69. The number of nitrogens with zero attached hydrogens (tertiary/aromatic N) is 1. The summed E-state index contributed by atoms with van der Waals surface area (Å²) in [6, 6.07) is -0.743. The molecule has 0 rings (SSSR count). The summed E-state index contributed by atoms with van der Waals surface area (Å²) in [7, 11) is 1.53. The van der Waals surface area contributed by atoms with Crippen LogP contribution in [0.1, 0.15) is 27.2 Å². The molecule has 1 unspecified atom stereocenters. The molecule has 0 bridgehead atoms. The predicted molar refractivity (Wildman–Crippen MR) is 67.0 cm³/mol. The monoisotopic (exact) mass is 239 g/mol. The zero-order valence-corrected chi connectivity index (χ0v) is 10.9. The van der Waals surface area contributed by atoms with E-state index in [0.29, 0.717) is 0 Å². The molecule has 0 heterocycles. The van der Waals surface area contributed by atoms with Crippen LogP contribution in [0, 0.1) is 12.3 Å². The van der Waals surface area contributed by atoms with Crippen LogP contribution < -0.4 is 11.1 Å². The van der Waals surface area contributed by atoms with E-state index in [1.807, 2.05) is 20.8 Å². The van der Waals surface area contributed by atoms with Gasteiger partial charge in [0.05, 0.1) is 12.6 Å². The topological polar surface area (TPSA) is 75.4 Å². The van der Waals surface area contributed by atoms with Gasteiger partial charge >= 0.3 is 0 Å². The first-order valence-corrected chi connectivity index (χ1v) is 5.42. The summed E-state index contributed by atoms with van der Waals surface area (Å²) in [6.07, 6.45) is 5.24. The molecule has 0 aliphatic rings.